The van der Waals surface area contributed by atoms with E-state index < -0.39 is 0 Å². The van der Waals surface area contributed by atoms with Gasteiger partial charge in [-0.2, -0.15) is 0 Å². The Kier molecular flexibility index (Phi) is 4.43. The lowest BCUT2D eigenvalue weighted by molar-refractivity contribution is -0.110. The van der Waals surface area contributed by atoms with Crippen molar-refractivity contribution in [2.24, 2.45) is 11.8 Å². The Bertz CT molecular complexity index is 1150. The van der Waals surface area contributed by atoms with E-state index in [-0.39, 0.29) is 12.0 Å². The molecular formula is C25H28N4O3. The number of hydrogen-bond donors (Lipinski definition) is 2. The molecule has 4 aliphatic rings. The van der Waals surface area contributed by atoms with E-state index in [1.807, 2.05) is 24.3 Å². The van der Waals surface area contributed by atoms with Crippen molar-refractivity contribution in [2.75, 3.05) is 31.6 Å². The lowest BCUT2D eigenvalue weighted by atomic mass is 10.0. The molecular weight excluding hydrogens is 404 g/mol. The highest BCUT2D eigenvalue weighted by Gasteiger charge is 2.44. The molecule has 3 fully saturated rings. The van der Waals surface area contributed by atoms with E-state index in [0.717, 1.165) is 40.9 Å². The van der Waals surface area contributed by atoms with Gasteiger partial charge in [0.15, 0.2) is 0 Å². The topological polar surface area (TPSA) is 77.7 Å². The Morgan fingerprint density at radius 2 is 1.97 bits per heavy atom. The first kappa shape index (κ1) is 19.6. The number of nitrogens with one attached hydrogen (secondary N) is 2. The summed E-state index contributed by atoms with van der Waals surface area (Å²) in [5.74, 6) is 1.75. The molecule has 0 radical (unpaired) electrons. The fourth-order valence-electron chi connectivity index (χ4n) is 5.46. The second-order valence-electron chi connectivity index (χ2n) is 9.65. The first-order chi connectivity index (χ1) is 15.5. The number of piperidine rings is 1. The summed E-state index contributed by atoms with van der Waals surface area (Å²) in [7, 11) is 0. The van der Waals surface area contributed by atoms with E-state index >= 15 is 0 Å². The van der Waals surface area contributed by atoms with Crippen LogP contribution in [-0.2, 0) is 22.6 Å². The predicted molar refractivity (Wildman–Crippen MR) is 122 cm³/mol. The summed E-state index contributed by atoms with van der Waals surface area (Å²) in [6.45, 7) is 9.18. The number of likely N-dealkylation sites (tertiary alicyclic amines) is 1. The molecule has 1 unspecified atom stereocenters. The van der Waals surface area contributed by atoms with Gasteiger partial charge in [-0.05, 0) is 67.0 Å². The number of aryl methyl sites for hydroxylation is 1. The van der Waals surface area contributed by atoms with Gasteiger partial charge in [-0.25, -0.2) is 4.79 Å². The average Bonchev–Trinajstić information content (AvgIpc) is 3.05. The van der Waals surface area contributed by atoms with Crippen molar-refractivity contribution in [1.29, 1.82) is 0 Å². The van der Waals surface area contributed by atoms with E-state index in [2.05, 4.69) is 29.0 Å². The Morgan fingerprint density at radius 1 is 1.16 bits per heavy atom. The summed E-state index contributed by atoms with van der Waals surface area (Å²) < 4.78 is 5.03. The molecule has 1 aromatic carbocycles. The molecule has 2 N–H and O–H groups in total. The number of fused-ring (bicyclic) bond motifs is 2. The Hall–Kier alpha value is -3.06. The van der Waals surface area contributed by atoms with Crippen molar-refractivity contribution < 1.29 is 14.3 Å². The van der Waals surface area contributed by atoms with Crippen LogP contribution in [0.15, 0.2) is 18.2 Å². The molecule has 1 aromatic heterocycles. The van der Waals surface area contributed by atoms with Crippen molar-refractivity contribution >= 4 is 29.3 Å². The minimum atomic E-state index is -0.282. The van der Waals surface area contributed by atoms with Gasteiger partial charge >= 0.3 is 6.09 Å². The van der Waals surface area contributed by atoms with E-state index in [4.69, 9.17) is 4.74 Å². The number of rotatable bonds is 5. The van der Waals surface area contributed by atoms with Gasteiger partial charge in [0.25, 0.3) is 5.91 Å². The number of benzene rings is 1. The first-order valence-corrected chi connectivity index (χ1v) is 11.4. The lowest BCUT2D eigenvalue weighted by Gasteiger charge is -2.17. The van der Waals surface area contributed by atoms with Gasteiger partial charge in [0.05, 0.1) is 12.1 Å². The van der Waals surface area contributed by atoms with Crippen molar-refractivity contribution in [3.05, 3.63) is 51.8 Å². The van der Waals surface area contributed by atoms with E-state index in [0.29, 0.717) is 25.3 Å². The summed E-state index contributed by atoms with van der Waals surface area (Å²) in [5.41, 5.74) is 8.07. The molecule has 1 saturated carbocycles. The number of nitrogens with zero attached hydrogens (tertiary/aromatic N) is 2. The van der Waals surface area contributed by atoms with Gasteiger partial charge in [-0.1, -0.05) is 6.07 Å². The number of aromatic amines is 1. The van der Waals surface area contributed by atoms with Gasteiger partial charge in [-0.15, -0.1) is 0 Å². The molecule has 2 aromatic rings. The number of H-pyrrole nitrogens is 1. The molecule has 3 aliphatic heterocycles. The van der Waals surface area contributed by atoms with Gasteiger partial charge < -0.3 is 19.9 Å². The molecule has 0 bridgehead atoms. The number of amides is 2. The van der Waals surface area contributed by atoms with E-state index in [1.165, 1.54) is 36.3 Å². The number of ether oxygens (including phenoxy) is 1. The Labute approximate surface area is 187 Å². The molecule has 7 heteroatoms. The van der Waals surface area contributed by atoms with Crippen molar-refractivity contribution in [3.63, 3.8) is 0 Å². The third-order valence-corrected chi connectivity index (χ3v) is 7.44. The Balaban J connectivity index is 1.28. The van der Waals surface area contributed by atoms with Crippen molar-refractivity contribution in [2.45, 2.75) is 33.4 Å². The number of anilines is 1. The number of carbonyl (C=O) groups is 2. The molecule has 2 atom stereocenters. The number of hydrogen-bond acceptors (Lipinski definition) is 4. The summed E-state index contributed by atoms with van der Waals surface area (Å²) in [4.78, 5) is 32.3. The second kappa shape index (κ2) is 7.24. The number of aromatic nitrogens is 1. The number of carbonyl (C=O) groups excluding carboxylic acids is 2. The third kappa shape index (κ3) is 3.32. The maximum atomic E-state index is 12.8. The zero-order chi connectivity index (χ0) is 22.0. The molecule has 7 nitrogen and oxygen atoms in total. The van der Waals surface area contributed by atoms with Crippen LogP contribution in [0.25, 0.3) is 11.6 Å². The first-order valence-electron chi connectivity index (χ1n) is 11.4. The zero-order valence-corrected chi connectivity index (χ0v) is 18.5. The van der Waals surface area contributed by atoms with Crippen LogP contribution in [0, 0.1) is 25.7 Å². The van der Waals surface area contributed by atoms with Crippen LogP contribution in [0.5, 0.6) is 0 Å². The fraction of sp³-hybridized carbons (Fsp3) is 0.440. The highest BCUT2D eigenvalue weighted by Crippen LogP contribution is 2.45. The summed E-state index contributed by atoms with van der Waals surface area (Å²) in [5, 5.41) is 2.97. The highest BCUT2D eigenvalue weighted by atomic mass is 16.6. The van der Waals surface area contributed by atoms with Crippen LogP contribution in [0.3, 0.4) is 0 Å². The van der Waals surface area contributed by atoms with Gasteiger partial charge in [0, 0.05) is 48.8 Å². The summed E-state index contributed by atoms with van der Waals surface area (Å²) >= 11 is 0. The lowest BCUT2D eigenvalue weighted by Crippen LogP contribution is -2.23. The molecule has 166 valence electrons. The number of cyclic esters (lactones) is 1. The van der Waals surface area contributed by atoms with E-state index in [9.17, 15) is 9.59 Å². The summed E-state index contributed by atoms with van der Waals surface area (Å²) in [6, 6.07) is 5.88. The van der Waals surface area contributed by atoms with E-state index in [1.54, 1.807) is 4.90 Å². The van der Waals surface area contributed by atoms with Crippen LogP contribution >= 0.6 is 0 Å². The average molecular weight is 433 g/mol. The molecule has 4 heterocycles. The van der Waals surface area contributed by atoms with Gasteiger partial charge in [0.1, 0.15) is 6.61 Å². The molecule has 2 saturated heterocycles. The van der Waals surface area contributed by atoms with Crippen LogP contribution in [0.2, 0.25) is 0 Å². The quantitative estimate of drug-likeness (QED) is 0.709. The van der Waals surface area contributed by atoms with Crippen molar-refractivity contribution in [1.82, 2.24) is 14.8 Å². The van der Waals surface area contributed by atoms with Crippen LogP contribution in [0.4, 0.5) is 10.5 Å². The fourth-order valence-corrected chi connectivity index (χ4v) is 5.46. The van der Waals surface area contributed by atoms with Crippen LogP contribution in [-0.4, -0.2) is 53.0 Å². The van der Waals surface area contributed by atoms with Gasteiger partial charge in [0.2, 0.25) is 0 Å². The third-order valence-electron chi connectivity index (χ3n) is 7.44. The molecule has 32 heavy (non-hydrogen) atoms. The molecule has 0 spiro atoms. The monoisotopic (exact) mass is 432 g/mol. The maximum Gasteiger partial charge on any atom is 0.410 e. The second-order valence-corrected chi connectivity index (χ2v) is 9.65. The molecule has 2 amide bonds. The molecule has 1 aliphatic carbocycles. The minimum absolute atomic E-state index is 0.0921. The zero-order valence-electron chi connectivity index (χ0n) is 18.5. The SMILES string of the molecule is Cc1[nH]c(C=C2C(=O)Nc3ccc(CN4CCOC4=O)cc32)c(C)c1CN1CC2C[C@@H]2C1. The largest absolute Gasteiger partial charge is 0.448 e. The standard InChI is InChI=1S/C25H28N4O3/c1-14-21(13-28-11-17-8-18(17)12-28)15(2)26-23(14)9-20-19-7-16(3-4-22(19)27-24(20)30)10-29-5-6-32-25(29)31/h3-4,7,9,17-18,26H,5-6,8,10-13H2,1-2H3,(H,27,30)/t17-,18?/m1/s1. The smallest absolute Gasteiger partial charge is 0.410 e. The Morgan fingerprint density at radius 3 is 2.72 bits per heavy atom. The predicted octanol–water partition coefficient (Wildman–Crippen LogP) is 3.53. The normalized spacial score (nSPS) is 25.3. The van der Waals surface area contributed by atoms with Crippen molar-refractivity contribution in [3.8, 4) is 0 Å². The highest BCUT2D eigenvalue weighted by molar-refractivity contribution is 6.34. The minimum Gasteiger partial charge on any atom is -0.448 e. The summed E-state index contributed by atoms with van der Waals surface area (Å²) in [6.07, 6.45) is 3.10. The maximum absolute atomic E-state index is 12.8. The van der Waals surface area contributed by atoms with Crippen LogP contribution in [0.1, 0.15) is 40.1 Å². The van der Waals surface area contributed by atoms with Crippen LogP contribution < -0.4 is 5.32 Å². The molecule has 6 rings (SSSR count). The van der Waals surface area contributed by atoms with Gasteiger partial charge in [-0.3, -0.25) is 9.69 Å².